The second-order valence-corrected chi connectivity index (χ2v) is 5.65. The molecule has 22 heavy (non-hydrogen) atoms. The fourth-order valence-corrected chi connectivity index (χ4v) is 3.10. The summed E-state index contributed by atoms with van der Waals surface area (Å²) in [4.78, 5) is 0. The molecule has 0 bridgehead atoms. The summed E-state index contributed by atoms with van der Waals surface area (Å²) in [5.41, 5.74) is 10.1. The van der Waals surface area contributed by atoms with Crippen LogP contribution in [0.15, 0.2) is 48.5 Å². The Morgan fingerprint density at radius 2 is 1.77 bits per heavy atom. The molecule has 1 heterocycles. The number of hydrogen-bond acceptors (Lipinski definition) is 1. The summed E-state index contributed by atoms with van der Waals surface area (Å²) < 4.78 is 16.2. The Morgan fingerprint density at radius 3 is 2.55 bits per heavy atom. The van der Waals surface area contributed by atoms with Gasteiger partial charge in [-0.2, -0.15) is 0 Å². The van der Waals surface area contributed by atoms with Gasteiger partial charge in [-0.1, -0.05) is 36.4 Å². The van der Waals surface area contributed by atoms with E-state index < -0.39 is 0 Å². The van der Waals surface area contributed by atoms with Crippen molar-refractivity contribution in [2.75, 3.05) is 6.54 Å². The van der Waals surface area contributed by atoms with Gasteiger partial charge in [0.15, 0.2) is 0 Å². The molecule has 0 aliphatic rings. The number of rotatable bonds is 5. The molecule has 3 aromatic rings. The summed E-state index contributed by atoms with van der Waals surface area (Å²) in [7, 11) is 0. The number of aromatic nitrogens is 1. The highest BCUT2D eigenvalue weighted by Crippen LogP contribution is 2.28. The van der Waals surface area contributed by atoms with E-state index in [9.17, 15) is 4.39 Å². The highest BCUT2D eigenvalue weighted by Gasteiger charge is 2.14. The number of nitrogens with zero attached hydrogens (tertiary/aromatic N) is 1. The topological polar surface area (TPSA) is 30.9 Å². The fourth-order valence-electron chi connectivity index (χ4n) is 3.10. The van der Waals surface area contributed by atoms with Crippen LogP contribution in [0.25, 0.3) is 10.9 Å². The van der Waals surface area contributed by atoms with E-state index in [1.807, 2.05) is 18.2 Å². The Morgan fingerprint density at radius 1 is 1.05 bits per heavy atom. The number of para-hydroxylation sites is 1. The Balaban J connectivity index is 2.09. The lowest BCUT2D eigenvalue weighted by Gasteiger charge is -2.10. The molecule has 0 radical (unpaired) electrons. The van der Waals surface area contributed by atoms with Gasteiger partial charge in [0, 0.05) is 22.2 Å². The average Bonchev–Trinajstić information content (AvgIpc) is 2.80. The normalized spacial score (nSPS) is 11.2. The monoisotopic (exact) mass is 296 g/mol. The minimum Gasteiger partial charge on any atom is -0.340 e. The van der Waals surface area contributed by atoms with Crippen molar-refractivity contribution in [1.82, 2.24) is 4.57 Å². The van der Waals surface area contributed by atoms with Gasteiger partial charge < -0.3 is 10.3 Å². The third-order valence-corrected chi connectivity index (χ3v) is 4.28. The summed E-state index contributed by atoms with van der Waals surface area (Å²) in [5.74, 6) is -0.150. The number of nitrogens with two attached hydrogens (primary N) is 1. The van der Waals surface area contributed by atoms with E-state index >= 15 is 0 Å². The predicted molar refractivity (Wildman–Crippen MR) is 89.6 cm³/mol. The largest absolute Gasteiger partial charge is 0.340 e. The van der Waals surface area contributed by atoms with E-state index in [4.69, 9.17) is 5.73 Å². The lowest BCUT2D eigenvalue weighted by molar-refractivity contribution is 0.600. The van der Waals surface area contributed by atoms with Crippen LogP contribution < -0.4 is 5.73 Å². The second kappa shape index (κ2) is 6.32. The van der Waals surface area contributed by atoms with Crippen molar-refractivity contribution in [3.8, 4) is 0 Å². The molecule has 0 aliphatic carbocycles. The second-order valence-electron chi connectivity index (χ2n) is 5.65. The molecule has 0 saturated heterocycles. The van der Waals surface area contributed by atoms with Crippen molar-refractivity contribution in [3.05, 3.63) is 71.2 Å². The number of hydrogen-bond donors (Lipinski definition) is 1. The third-order valence-electron chi connectivity index (χ3n) is 4.28. The number of fused-ring (bicyclic) bond motifs is 1. The first kappa shape index (κ1) is 14.8. The molecule has 114 valence electrons. The van der Waals surface area contributed by atoms with E-state index in [1.54, 1.807) is 6.07 Å². The summed E-state index contributed by atoms with van der Waals surface area (Å²) in [5, 5.41) is 1.25. The minimum absolute atomic E-state index is 0.150. The highest BCUT2D eigenvalue weighted by atomic mass is 19.1. The SMILES string of the molecule is Cc1c(CCCN)c2ccccc2n1Cc1ccccc1F. The first-order chi connectivity index (χ1) is 10.7. The van der Waals surface area contributed by atoms with E-state index in [0.717, 1.165) is 23.9 Å². The highest BCUT2D eigenvalue weighted by molar-refractivity contribution is 5.85. The average molecular weight is 296 g/mol. The molecule has 1 aromatic heterocycles. The molecule has 0 aliphatic heterocycles. The summed E-state index contributed by atoms with van der Waals surface area (Å²) in [6.07, 6.45) is 1.93. The smallest absolute Gasteiger partial charge is 0.128 e. The zero-order valence-corrected chi connectivity index (χ0v) is 12.8. The Labute approximate surface area is 130 Å². The molecule has 3 heteroatoms. The van der Waals surface area contributed by atoms with E-state index in [0.29, 0.717) is 13.1 Å². The van der Waals surface area contributed by atoms with Crippen molar-refractivity contribution in [2.24, 2.45) is 5.73 Å². The molecule has 2 N–H and O–H groups in total. The fraction of sp³-hybridized carbons (Fsp3) is 0.263. The maximum absolute atomic E-state index is 14.0. The van der Waals surface area contributed by atoms with Gasteiger partial charge in [-0.05, 0) is 44.0 Å². The van der Waals surface area contributed by atoms with Crippen LogP contribution in [0.2, 0.25) is 0 Å². The number of halogens is 1. The van der Waals surface area contributed by atoms with Crippen molar-refractivity contribution in [2.45, 2.75) is 26.3 Å². The first-order valence-corrected chi connectivity index (χ1v) is 7.72. The zero-order valence-electron chi connectivity index (χ0n) is 12.8. The maximum atomic E-state index is 14.0. The molecule has 0 atom stereocenters. The Bertz CT molecular complexity index is 789. The molecular weight excluding hydrogens is 275 g/mol. The van der Waals surface area contributed by atoms with Gasteiger partial charge in [-0.15, -0.1) is 0 Å². The first-order valence-electron chi connectivity index (χ1n) is 7.72. The van der Waals surface area contributed by atoms with Gasteiger partial charge >= 0.3 is 0 Å². The van der Waals surface area contributed by atoms with Gasteiger partial charge in [0.05, 0.1) is 6.54 Å². The lowest BCUT2D eigenvalue weighted by Crippen LogP contribution is -2.05. The van der Waals surface area contributed by atoms with Crippen LogP contribution in [-0.2, 0) is 13.0 Å². The van der Waals surface area contributed by atoms with Crippen LogP contribution in [0.3, 0.4) is 0 Å². The Hall–Kier alpha value is -2.13. The van der Waals surface area contributed by atoms with Gasteiger partial charge in [-0.3, -0.25) is 0 Å². The van der Waals surface area contributed by atoms with Crippen LogP contribution >= 0.6 is 0 Å². The molecule has 0 amide bonds. The predicted octanol–water partition coefficient (Wildman–Crippen LogP) is 4.03. The van der Waals surface area contributed by atoms with Gasteiger partial charge in [0.1, 0.15) is 5.82 Å². The molecule has 0 spiro atoms. The third kappa shape index (κ3) is 2.64. The Kier molecular flexibility index (Phi) is 4.25. The molecular formula is C19H21FN2. The zero-order chi connectivity index (χ0) is 15.5. The van der Waals surface area contributed by atoms with Crippen LogP contribution in [0.4, 0.5) is 4.39 Å². The quantitative estimate of drug-likeness (QED) is 0.757. The summed E-state index contributed by atoms with van der Waals surface area (Å²) in [6.45, 7) is 3.36. The molecule has 2 aromatic carbocycles. The van der Waals surface area contributed by atoms with Gasteiger partial charge in [0.25, 0.3) is 0 Å². The van der Waals surface area contributed by atoms with Gasteiger partial charge in [-0.25, -0.2) is 4.39 Å². The molecule has 0 unspecified atom stereocenters. The van der Waals surface area contributed by atoms with Crippen LogP contribution in [0.1, 0.15) is 23.2 Å². The summed E-state index contributed by atoms with van der Waals surface area (Å²) in [6, 6.07) is 15.3. The van der Waals surface area contributed by atoms with Crippen molar-refractivity contribution in [3.63, 3.8) is 0 Å². The maximum Gasteiger partial charge on any atom is 0.128 e. The minimum atomic E-state index is -0.150. The molecule has 2 nitrogen and oxygen atoms in total. The molecule has 3 rings (SSSR count). The van der Waals surface area contributed by atoms with Crippen molar-refractivity contribution in [1.29, 1.82) is 0 Å². The number of benzene rings is 2. The van der Waals surface area contributed by atoms with Crippen LogP contribution in [0.5, 0.6) is 0 Å². The van der Waals surface area contributed by atoms with Crippen LogP contribution in [0, 0.1) is 12.7 Å². The molecule has 0 fully saturated rings. The number of aryl methyl sites for hydroxylation is 1. The van der Waals surface area contributed by atoms with Crippen LogP contribution in [-0.4, -0.2) is 11.1 Å². The lowest BCUT2D eigenvalue weighted by atomic mass is 10.1. The standard InChI is InChI=1S/C19H21FN2/c1-14-16(9-6-12-21)17-8-3-5-11-19(17)22(14)13-15-7-2-4-10-18(15)20/h2-5,7-8,10-11H,6,9,12-13,21H2,1H3. The van der Waals surface area contributed by atoms with Crippen molar-refractivity contribution >= 4 is 10.9 Å². The van der Waals surface area contributed by atoms with E-state index in [-0.39, 0.29) is 5.82 Å². The van der Waals surface area contributed by atoms with Gasteiger partial charge in [0.2, 0.25) is 0 Å². The van der Waals surface area contributed by atoms with E-state index in [1.165, 1.54) is 22.7 Å². The molecule has 0 saturated carbocycles. The van der Waals surface area contributed by atoms with E-state index in [2.05, 4.69) is 29.7 Å². The van der Waals surface area contributed by atoms with Crippen molar-refractivity contribution < 1.29 is 4.39 Å². The summed E-state index contributed by atoms with van der Waals surface area (Å²) >= 11 is 0.